The summed E-state index contributed by atoms with van der Waals surface area (Å²) in [5.74, 6) is 0. The summed E-state index contributed by atoms with van der Waals surface area (Å²) < 4.78 is 5.69. The molecular formula is C17H36N2O. The first kappa shape index (κ1) is 17.9. The highest BCUT2D eigenvalue weighted by molar-refractivity contribution is 4.80. The lowest BCUT2D eigenvalue weighted by atomic mass is 9.83. The maximum absolute atomic E-state index is 5.69. The van der Waals surface area contributed by atoms with Crippen LogP contribution in [-0.2, 0) is 4.74 Å². The third kappa shape index (κ3) is 6.55. The van der Waals surface area contributed by atoms with Crippen molar-refractivity contribution >= 4 is 0 Å². The van der Waals surface area contributed by atoms with Crippen LogP contribution < -0.4 is 0 Å². The first-order chi connectivity index (χ1) is 9.63. The molecule has 120 valence electrons. The first-order valence-electron chi connectivity index (χ1n) is 8.66. The van der Waals surface area contributed by atoms with E-state index in [1.807, 2.05) is 0 Å². The summed E-state index contributed by atoms with van der Waals surface area (Å²) in [5, 5.41) is 0. The van der Waals surface area contributed by atoms with E-state index in [2.05, 4.69) is 37.5 Å². The van der Waals surface area contributed by atoms with E-state index in [-0.39, 0.29) is 0 Å². The van der Waals surface area contributed by atoms with Gasteiger partial charge < -0.3 is 14.5 Å². The van der Waals surface area contributed by atoms with Gasteiger partial charge in [-0.15, -0.1) is 0 Å². The van der Waals surface area contributed by atoms with Crippen molar-refractivity contribution in [1.29, 1.82) is 0 Å². The molecule has 0 N–H and O–H groups in total. The predicted octanol–water partition coefficient (Wildman–Crippen LogP) is 3.25. The highest BCUT2D eigenvalue weighted by atomic mass is 16.5. The maximum Gasteiger partial charge on any atom is 0.0471 e. The standard InChI is InChI=1S/C17H36N2O/c1-5-9-18-10-12-19(13-11-18)16-17(4,7-3)8-15-20-14-6-2/h5-16H2,1-4H3. The summed E-state index contributed by atoms with van der Waals surface area (Å²) in [4.78, 5) is 5.26. The SMILES string of the molecule is CCCOCCC(C)(CC)CN1CCN(CCC)CC1. The summed E-state index contributed by atoms with van der Waals surface area (Å²) in [6, 6.07) is 0. The molecule has 0 saturated carbocycles. The van der Waals surface area contributed by atoms with Crippen LogP contribution in [0.15, 0.2) is 0 Å². The fraction of sp³-hybridized carbons (Fsp3) is 1.00. The number of ether oxygens (including phenoxy) is 1. The molecule has 1 atom stereocenters. The third-order valence-corrected chi connectivity index (χ3v) is 4.66. The normalized spacial score (nSPS) is 21.0. The molecular weight excluding hydrogens is 248 g/mol. The molecule has 0 aromatic rings. The van der Waals surface area contributed by atoms with Gasteiger partial charge in [-0.1, -0.05) is 27.7 Å². The molecule has 0 aliphatic carbocycles. The third-order valence-electron chi connectivity index (χ3n) is 4.66. The average Bonchev–Trinajstić information content (AvgIpc) is 2.46. The number of rotatable bonds is 10. The Morgan fingerprint density at radius 1 is 0.900 bits per heavy atom. The molecule has 1 unspecified atom stereocenters. The number of hydrogen-bond donors (Lipinski definition) is 0. The predicted molar refractivity (Wildman–Crippen MR) is 87.3 cm³/mol. The van der Waals surface area contributed by atoms with Crippen molar-refractivity contribution < 1.29 is 4.74 Å². The fourth-order valence-electron chi connectivity index (χ4n) is 2.96. The molecule has 1 rings (SSSR count). The van der Waals surface area contributed by atoms with Gasteiger partial charge in [0.05, 0.1) is 0 Å². The van der Waals surface area contributed by atoms with E-state index in [9.17, 15) is 0 Å². The first-order valence-corrected chi connectivity index (χ1v) is 8.66. The van der Waals surface area contributed by atoms with Crippen LogP contribution in [0.3, 0.4) is 0 Å². The highest BCUT2D eigenvalue weighted by Gasteiger charge is 2.27. The van der Waals surface area contributed by atoms with E-state index in [4.69, 9.17) is 4.74 Å². The molecule has 0 bridgehead atoms. The van der Waals surface area contributed by atoms with E-state index < -0.39 is 0 Å². The van der Waals surface area contributed by atoms with Gasteiger partial charge in [-0.05, 0) is 37.6 Å². The van der Waals surface area contributed by atoms with Crippen LogP contribution in [0, 0.1) is 5.41 Å². The van der Waals surface area contributed by atoms with Crippen molar-refractivity contribution in [3.63, 3.8) is 0 Å². The van der Waals surface area contributed by atoms with Gasteiger partial charge in [-0.2, -0.15) is 0 Å². The molecule has 20 heavy (non-hydrogen) atoms. The Morgan fingerprint density at radius 2 is 1.55 bits per heavy atom. The van der Waals surface area contributed by atoms with Crippen LogP contribution in [0.2, 0.25) is 0 Å². The van der Waals surface area contributed by atoms with Crippen LogP contribution in [-0.4, -0.2) is 62.3 Å². The van der Waals surface area contributed by atoms with Crippen LogP contribution in [0.4, 0.5) is 0 Å². The van der Waals surface area contributed by atoms with Crippen molar-refractivity contribution in [2.24, 2.45) is 5.41 Å². The second-order valence-corrected chi connectivity index (χ2v) is 6.64. The monoisotopic (exact) mass is 284 g/mol. The molecule has 0 spiro atoms. The summed E-state index contributed by atoms with van der Waals surface area (Å²) in [6.07, 6.45) is 4.85. The molecule has 1 fully saturated rings. The lowest BCUT2D eigenvalue weighted by Crippen LogP contribution is -2.49. The van der Waals surface area contributed by atoms with E-state index >= 15 is 0 Å². The van der Waals surface area contributed by atoms with Gasteiger partial charge in [0, 0.05) is 45.9 Å². The van der Waals surface area contributed by atoms with Gasteiger partial charge in [0.15, 0.2) is 0 Å². The zero-order valence-electron chi connectivity index (χ0n) is 14.3. The highest BCUT2D eigenvalue weighted by Crippen LogP contribution is 2.27. The number of nitrogens with zero attached hydrogens (tertiary/aromatic N) is 2. The summed E-state index contributed by atoms with van der Waals surface area (Å²) in [6.45, 7) is 18.5. The number of hydrogen-bond acceptors (Lipinski definition) is 3. The molecule has 0 radical (unpaired) electrons. The van der Waals surface area contributed by atoms with Crippen molar-refractivity contribution in [1.82, 2.24) is 9.80 Å². The molecule has 3 nitrogen and oxygen atoms in total. The minimum Gasteiger partial charge on any atom is -0.381 e. The largest absolute Gasteiger partial charge is 0.381 e. The quantitative estimate of drug-likeness (QED) is 0.573. The Bertz CT molecular complexity index is 239. The molecule has 0 aromatic carbocycles. The topological polar surface area (TPSA) is 15.7 Å². The van der Waals surface area contributed by atoms with Gasteiger partial charge in [0.1, 0.15) is 0 Å². The molecule has 1 saturated heterocycles. The average molecular weight is 284 g/mol. The summed E-state index contributed by atoms with van der Waals surface area (Å²) in [5.41, 5.74) is 0.417. The van der Waals surface area contributed by atoms with Crippen molar-refractivity contribution in [2.45, 2.75) is 53.4 Å². The Kier molecular flexibility index (Phi) is 8.74. The van der Waals surface area contributed by atoms with Gasteiger partial charge >= 0.3 is 0 Å². The fourth-order valence-corrected chi connectivity index (χ4v) is 2.96. The van der Waals surface area contributed by atoms with Crippen LogP contribution in [0.25, 0.3) is 0 Å². The van der Waals surface area contributed by atoms with Crippen LogP contribution in [0.1, 0.15) is 53.4 Å². The molecule has 1 aliphatic rings. The van der Waals surface area contributed by atoms with E-state index in [1.165, 1.54) is 58.5 Å². The van der Waals surface area contributed by atoms with Gasteiger partial charge in [-0.3, -0.25) is 0 Å². The van der Waals surface area contributed by atoms with Gasteiger partial charge in [0.25, 0.3) is 0 Å². The minimum absolute atomic E-state index is 0.417. The molecule has 0 aromatic heterocycles. The smallest absolute Gasteiger partial charge is 0.0471 e. The second kappa shape index (κ2) is 9.75. The lowest BCUT2D eigenvalue weighted by molar-refractivity contribution is 0.0556. The Morgan fingerprint density at radius 3 is 2.10 bits per heavy atom. The molecule has 0 amide bonds. The van der Waals surface area contributed by atoms with Crippen molar-refractivity contribution in [3.05, 3.63) is 0 Å². The second-order valence-electron chi connectivity index (χ2n) is 6.64. The maximum atomic E-state index is 5.69. The minimum atomic E-state index is 0.417. The summed E-state index contributed by atoms with van der Waals surface area (Å²) in [7, 11) is 0. The molecule has 3 heteroatoms. The van der Waals surface area contributed by atoms with Gasteiger partial charge in [-0.25, -0.2) is 0 Å². The van der Waals surface area contributed by atoms with Crippen LogP contribution >= 0.6 is 0 Å². The van der Waals surface area contributed by atoms with Crippen LogP contribution in [0.5, 0.6) is 0 Å². The van der Waals surface area contributed by atoms with Crippen molar-refractivity contribution in [3.8, 4) is 0 Å². The Labute approximate surface area is 126 Å². The van der Waals surface area contributed by atoms with E-state index in [0.717, 1.165) is 19.6 Å². The molecule has 1 heterocycles. The zero-order valence-corrected chi connectivity index (χ0v) is 14.3. The van der Waals surface area contributed by atoms with E-state index in [1.54, 1.807) is 0 Å². The Hall–Kier alpha value is -0.120. The lowest BCUT2D eigenvalue weighted by Gasteiger charge is -2.40. The van der Waals surface area contributed by atoms with Crippen molar-refractivity contribution in [2.75, 3.05) is 52.5 Å². The van der Waals surface area contributed by atoms with Gasteiger partial charge in [0.2, 0.25) is 0 Å². The summed E-state index contributed by atoms with van der Waals surface area (Å²) >= 11 is 0. The Balaban J connectivity index is 2.29. The molecule has 1 aliphatic heterocycles. The number of piperazine rings is 1. The van der Waals surface area contributed by atoms with E-state index in [0.29, 0.717) is 5.41 Å². The zero-order chi connectivity index (χ0) is 14.8.